The summed E-state index contributed by atoms with van der Waals surface area (Å²) in [7, 11) is 2.03. The molecule has 0 aliphatic heterocycles. The van der Waals surface area contributed by atoms with Crippen LogP contribution >= 0.6 is 11.3 Å². The van der Waals surface area contributed by atoms with Crippen molar-refractivity contribution in [2.24, 2.45) is 5.73 Å². The first-order chi connectivity index (χ1) is 15.1. The van der Waals surface area contributed by atoms with E-state index in [2.05, 4.69) is 17.0 Å². The van der Waals surface area contributed by atoms with Crippen molar-refractivity contribution in [1.82, 2.24) is 4.98 Å². The zero-order chi connectivity index (χ0) is 21.6. The number of nitrogens with zero attached hydrogens (tertiary/aromatic N) is 2. The molecule has 5 nitrogen and oxygen atoms in total. The van der Waals surface area contributed by atoms with Crippen LogP contribution in [0.25, 0.3) is 10.2 Å². The Kier molecular flexibility index (Phi) is 6.64. The van der Waals surface area contributed by atoms with E-state index in [0.29, 0.717) is 24.7 Å². The van der Waals surface area contributed by atoms with Crippen molar-refractivity contribution in [3.63, 3.8) is 0 Å². The van der Waals surface area contributed by atoms with Gasteiger partial charge in [-0.25, -0.2) is 9.37 Å². The number of fused-ring (bicyclic) bond motifs is 1. The second-order valence-corrected chi connectivity index (χ2v) is 8.18. The fourth-order valence-electron chi connectivity index (χ4n) is 3.06. The Bertz CT molecular complexity index is 1130. The van der Waals surface area contributed by atoms with Crippen LogP contribution in [-0.4, -0.2) is 25.2 Å². The largest absolute Gasteiger partial charge is 0.494 e. The third-order valence-electron chi connectivity index (χ3n) is 4.68. The van der Waals surface area contributed by atoms with E-state index in [1.807, 2.05) is 37.4 Å². The highest BCUT2D eigenvalue weighted by Gasteiger charge is 2.11. The molecule has 1 heterocycles. The van der Waals surface area contributed by atoms with Gasteiger partial charge in [0, 0.05) is 19.7 Å². The first-order valence-electron chi connectivity index (χ1n) is 10.1. The predicted octanol–water partition coefficient (Wildman–Crippen LogP) is 5.59. The Hall–Kier alpha value is -3.16. The Morgan fingerprint density at radius 3 is 2.42 bits per heavy atom. The zero-order valence-electron chi connectivity index (χ0n) is 17.3. The van der Waals surface area contributed by atoms with Crippen molar-refractivity contribution < 1.29 is 13.9 Å². The first kappa shape index (κ1) is 21.1. The van der Waals surface area contributed by atoms with Crippen LogP contribution < -0.4 is 20.1 Å². The molecule has 0 bridgehead atoms. The molecule has 0 atom stereocenters. The first-order valence-corrected chi connectivity index (χ1v) is 10.9. The quantitative estimate of drug-likeness (QED) is 0.346. The average Bonchev–Trinajstić information content (AvgIpc) is 3.20. The van der Waals surface area contributed by atoms with Gasteiger partial charge in [-0.15, -0.1) is 0 Å². The van der Waals surface area contributed by atoms with Crippen molar-refractivity contribution in [3.05, 3.63) is 78.1 Å². The minimum atomic E-state index is -0.285. The fraction of sp³-hybridized carbons (Fsp3) is 0.208. The number of ether oxygens (including phenoxy) is 2. The molecule has 2 N–H and O–H groups in total. The minimum Gasteiger partial charge on any atom is -0.494 e. The molecule has 1 aromatic heterocycles. The summed E-state index contributed by atoms with van der Waals surface area (Å²) in [6.07, 6.45) is 0.846. The molecule has 31 heavy (non-hydrogen) atoms. The van der Waals surface area contributed by atoms with Gasteiger partial charge in [0.2, 0.25) is 0 Å². The SMILES string of the molecule is CN(Cc1ccc(OCCCN)cc1)c1nc2ccc(Oc3ccc(F)cc3)cc2s1. The van der Waals surface area contributed by atoms with Crippen LogP contribution in [-0.2, 0) is 6.54 Å². The number of anilines is 1. The molecule has 160 valence electrons. The lowest BCUT2D eigenvalue weighted by atomic mass is 10.2. The van der Waals surface area contributed by atoms with Gasteiger partial charge in [0.25, 0.3) is 0 Å². The highest BCUT2D eigenvalue weighted by atomic mass is 32.1. The van der Waals surface area contributed by atoms with Gasteiger partial charge in [-0.3, -0.25) is 0 Å². The normalized spacial score (nSPS) is 10.9. The van der Waals surface area contributed by atoms with E-state index < -0.39 is 0 Å². The molecule has 4 rings (SSSR count). The zero-order valence-corrected chi connectivity index (χ0v) is 18.1. The number of thiazole rings is 1. The molecule has 0 amide bonds. The highest BCUT2D eigenvalue weighted by molar-refractivity contribution is 7.22. The van der Waals surface area contributed by atoms with Crippen molar-refractivity contribution in [2.75, 3.05) is 25.1 Å². The molecule has 0 spiro atoms. The summed E-state index contributed by atoms with van der Waals surface area (Å²) in [5.41, 5.74) is 7.59. The summed E-state index contributed by atoms with van der Waals surface area (Å²) in [6, 6.07) is 19.9. The third kappa shape index (κ3) is 5.51. The van der Waals surface area contributed by atoms with Gasteiger partial charge in [0.1, 0.15) is 23.1 Å². The van der Waals surface area contributed by atoms with Crippen LogP contribution in [0.3, 0.4) is 0 Å². The topological polar surface area (TPSA) is 60.6 Å². The maximum absolute atomic E-state index is 13.1. The standard InChI is InChI=1S/C24H24FN3O2S/c1-28(16-17-3-7-19(8-4-17)29-14-2-13-26)24-27-22-12-11-21(15-23(22)31-24)30-20-9-5-18(25)6-10-20/h3-12,15H,2,13-14,16,26H2,1H3. The maximum Gasteiger partial charge on any atom is 0.186 e. The summed E-state index contributed by atoms with van der Waals surface area (Å²) in [4.78, 5) is 6.86. The minimum absolute atomic E-state index is 0.285. The van der Waals surface area contributed by atoms with Crippen molar-refractivity contribution >= 4 is 26.7 Å². The lowest BCUT2D eigenvalue weighted by Gasteiger charge is -2.16. The molecular formula is C24H24FN3O2S. The van der Waals surface area contributed by atoms with Crippen molar-refractivity contribution in [3.8, 4) is 17.2 Å². The van der Waals surface area contributed by atoms with E-state index in [9.17, 15) is 4.39 Å². The van der Waals surface area contributed by atoms with Gasteiger partial charge in [0.15, 0.2) is 5.13 Å². The molecule has 0 aliphatic carbocycles. The number of hydrogen-bond donors (Lipinski definition) is 1. The maximum atomic E-state index is 13.1. The fourth-order valence-corrected chi connectivity index (χ4v) is 4.02. The number of benzene rings is 3. The molecule has 0 aliphatic rings. The number of rotatable bonds is 9. The monoisotopic (exact) mass is 437 g/mol. The van der Waals surface area contributed by atoms with E-state index in [1.165, 1.54) is 17.7 Å². The summed E-state index contributed by atoms with van der Waals surface area (Å²) in [5, 5.41) is 0.928. The molecule has 0 unspecified atom stereocenters. The van der Waals surface area contributed by atoms with Crippen LogP contribution in [0.5, 0.6) is 17.2 Å². The molecule has 4 aromatic rings. The summed E-state index contributed by atoms with van der Waals surface area (Å²) in [6.45, 7) is 2.00. The van der Waals surface area contributed by atoms with Gasteiger partial charge in [-0.1, -0.05) is 23.5 Å². The second-order valence-electron chi connectivity index (χ2n) is 7.17. The summed E-state index contributed by atoms with van der Waals surface area (Å²) in [5.74, 6) is 1.86. The van der Waals surface area contributed by atoms with Crippen LogP contribution in [0.2, 0.25) is 0 Å². The van der Waals surface area contributed by atoms with Crippen molar-refractivity contribution in [2.45, 2.75) is 13.0 Å². The van der Waals surface area contributed by atoms with E-state index in [1.54, 1.807) is 23.5 Å². The van der Waals surface area contributed by atoms with Gasteiger partial charge in [0.05, 0.1) is 16.8 Å². The van der Waals surface area contributed by atoms with Gasteiger partial charge >= 0.3 is 0 Å². The molecule has 0 saturated heterocycles. The Balaban J connectivity index is 1.42. The molecule has 7 heteroatoms. The molecular weight excluding hydrogens is 413 g/mol. The molecule has 0 saturated carbocycles. The van der Waals surface area contributed by atoms with Gasteiger partial charge in [-0.2, -0.15) is 0 Å². The number of aromatic nitrogens is 1. The van der Waals surface area contributed by atoms with E-state index in [-0.39, 0.29) is 5.82 Å². The molecule has 3 aromatic carbocycles. The van der Waals surface area contributed by atoms with Crippen LogP contribution in [0.1, 0.15) is 12.0 Å². The number of hydrogen-bond acceptors (Lipinski definition) is 6. The Morgan fingerprint density at radius 1 is 0.968 bits per heavy atom. The van der Waals surface area contributed by atoms with E-state index >= 15 is 0 Å². The third-order valence-corrected chi connectivity index (χ3v) is 5.82. The Labute approximate surface area is 184 Å². The lowest BCUT2D eigenvalue weighted by molar-refractivity contribution is 0.313. The summed E-state index contributed by atoms with van der Waals surface area (Å²) >= 11 is 1.61. The number of nitrogens with two attached hydrogens (primary N) is 1. The molecule has 0 fully saturated rings. The molecule has 0 radical (unpaired) electrons. The van der Waals surface area contributed by atoms with Gasteiger partial charge in [-0.05, 0) is 67.1 Å². The predicted molar refractivity (Wildman–Crippen MR) is 124 cm³/mol. The van der Waals surface area contributed by atoms with Crippen LogP contribution in [0, 0.1) is 5.82 Å². The van der Waals surface area contributed by atoms with Gasteiger partial charge < -0.3 is 20.1 Å². The van der Waals surface area contributed by atoms with Crippen molar-refractivity contribution in [1.29, 1.82) is 0 Å². The Morgan fingerprint density at radius 2 is 1.68 bits per heavy atom. The second kappa shape index (κ2) is 9.76. The van der Waals surface area contributed by atoms with E-state index in [4.69, 9.17) is 20.2 Å². The lowest BCUT2D eigenvalue weighted by Crippen LogP contribution is -2.15. The van der Waals surface area contributed by atoms with E-state index in [0.717, 1.165) is 34.1 Å². The van der Waals surface area contributed by atoms with Crippen LogP contribution in [0.15, 0.2) is 66.7 Å². The highest BCUT2D eigenvalue weighted by Crippen LogP contribution is 2.33. The summed E-state index contributed by atoms with van der Waals surface area (Å²) < 4.78 is 25.6. The smallest absolute Gasteiger partial charge is 0.186 e. The number of halogens is 1. The average molecular weight is 438 g/mol. The van der Waals surface area contributed by atoms with Crippen LogP contribution in [0.4, 0.5) is 9.52 Å².